The molecule has 0 aliphatic carbocycles. The molecule has 30 heavy (non-hydrogen) atoms. The summed E-state index contributed by atoms with van der Waals surface area (Å²) < 4.78 is 11.6. The molecule has 1 heterocycles. The first-order chi connectivity index (χ1) is 14.3. The number of nitrogens with one attached hydrogen (secondary N) is 1. The van der Waals surface area contributed by atoms with Gasteiger partial charge in [0.05, 0.1) is 12.2 Å². The van der Waals surface area contributed by atoms with E-state index in [0.29, 0.717) is 23.7 Å². The van der Waals surface area contributed by atoms with E-state index in [1.165, 1.54) is 5.56 Å². The van der Waals surface area contributed by atoms with Crippen molar-refractivity contribution < 1.29 is 19.1 Å². The number of amides is 2. The van der Waals surface area contributed by atoms with Gasteiger partial charge in [-0.1, -0.05) is 52.0 Å². The molecule has 1 N–H and O–H groups in total. The van der Waals surface area contributed by atoms with Crippen LogP contribution in [0.3, 0.4) is 0 Å². The molecule has 6 nitrogen and oxygen atoms in total. The second-order valence-electron chi connectivity index (χ2n) is 8.43. The molecule has 1 atom stereocenters. The van der Waals surface area contributed by atoms with Crippen LogP contribution in [0.1, 0.15) is 39.7 Å². The highest BCUT2D eigenvalue weighted by molar-refractivity contribution is 5.98. The molecule has 1 aliphatic heterocycles. The molecule has 0 fully saturated rings. The third-order valence-electron chi connectivity index (χ3n) is 5.00. The standard InChI is InChI=1S/C24H30N2O4/c1-5-14-25-23(28)21-15-26(19-8-6-7-9-20(19)30-21)22(27)16-29-18-12-10-17(11-13-18)24(2,3)4/h6-13,21H,5,14-16H2,1-4H3,(H,25,28)/t21-/m0/s1. The van der Waals surface area contributed by atoms with Crippen molar-refractivity contribution in [3.05, 3.63) is 54.1 Å². The molecular formula is C24H30N2O4. The zero-order valence-corrected chi connectivity index (χ0v) is 18.1. The summed E-state index contributed by atoms with van der Waals surface area (Å²) in [6.07, 6.45) is 0.0842. The van der Waals surface area contributed by atoms with Crippen molar-refractivity contribution in [2.24, 2.45) is 0 Å². The van der Waals surface area contributed by atoms with E-state index in [1.807, 2.05) is 49.4 Å². The van der Waals surface area contributed by atoms with Crippen molar-refractivity contribution in [3.8, 4) is 11.5 Å². The van der Waals surface area contributed by atoms with Crippen LogP contribution >= 0.6 is 0 Å². The number of hydrogen-bond donors (Lipinski definition) is 1. The van der Waals surface area contributed by atoms with Gasteiger partial charge in [-0.25, -0.2) is 0 Å². The number of benzene rings is 2. The van der Waals surface area contributed by atoms with Crippen LogP contribution in [0.5, 0.6) is 11.5 Å². The average molecular weight is 411 g/mol. The van der Waals surface area contributed by atoms with Gasteiger partial charge in [-0.15, -0.1) is 0 Å². The Morgan fingerprint density at radius 2 is 1.83 bits per heavy atom. The summed E-state index contributed by atoms with van der Waals surface area (Å²) in [5.74, 6) is 0.709. The minimum Gasteiger partial charge on any atom is -0.484 e. The maximum absolute atomic E-state index is 13.0. The number of hydrogen-bond acceptors (Lipinski definition) is 4. The van der Waals surface area contributed by atoms with Crippen LogP contribution in [0.25, 0.3) is 0 Å². The lowest BCUT2D eigenvalue weighted by molar-refractivity contribution is -0.128. The maximum Gasteiger partial charge on any atom is 0.265 e. The van der Waals surface area contributed by atoms with E-state index in [4.69, 9.17) is 9.47 Å². The zero-order chi connectivity index (χ0) is 21.7. The first-order valence-corrected chi connectivity index (χ1v) is 10.4. The van der Waals surface area contributed by atoms with Crippen LogP contribution in [-0.2, 0) is 15.0 Å². The van der Waals surface area contributed by atoms with Gasteiger partial charge in [-0.2, -0.15) is 0 Å². The summed E-state index contributed by atoms with van der Waals surface area (Å²) in [7, 11) is 0. The van der Waals surface area contributed by atoms with Crippen LogP contribution in [-0.4, -0.2) is 37.6 Å². The Kier molecular flexibility index (Phi) is 6.65. The molecule has 0 spiro atoms. The van der Waals surface area contributed by atoms with Crippen molar-refractivity contribution in [2.75, 3.05) is 24.6 Å². The second kappa shape index (κ2) is 9.20. The van der Waals surface area contributed by atoms with Crippen LogP contribution < -0.4 is 19.7 Å². The highest BCUT2D eigenvalue weighted by Crippen LogP contribution is 2.33. The van der Waals surface area contributed by atoms with Crippen LogP contribution in [0.15, 0.2) is 48.5 Å². The van der Waals surface area contributed by atoms with Gasteiger partial charge in [0.15, 0.2) is 12.7 Å². The topological polar surface area (TPSA) is 67.9 Å². The van der Waals surface area contributed by atoms with Crippen molar-refractivity contribution >= 4 is 17.5 Å². The normalized spacial score (nSPS) is 15.7. The second-order valence-corrected chi connectivity index (χ2v) is 8.43. The van der Waals surface area contributed by atoms with Gasteiger partial charge in [0.25, 0.3) is 11.8 Å². The number of rotatable bonds is 6. The van der Waals surface area contributed by atoms with E-state index in [0.717, 1.165) is 6.42 Å². The van der Waals surface area contributed by atoms with Gasteiger partial charge >= 0.3 is 0 Å². The maximum atomic E-state index is 13.0. The Balaban J connectivity index is 1.69. The summed E-state index contributed by atoms with van der Waals surface area (Å²) in [6.45, 7) is 9.03. The minimum absolute atomic E-state index is 0.0548. The lowest BCUT2D eigenvalue weighted by Gasteiger charge is -2.34. The van der Waals surface area contributed by atoms with Gasteiger partial charge in [0, 0.05) is 6.54 Å². The highest BCUT2D eigenvalue weighted by atomic mass is 16.5. The lowest BCUT2D eigenvalue weighted by atomic mass is 9.87. The van der Waals surface area contributed by atoms with Gasteiger partial charge < -0.3 is 19.7 Å². The van der Waals surface area contributed by atoms with Crippen molar-refractivity contribution in [1.82, 2.24) is 5.32 Å². The van der Waals surface area contributed by atoms with Gasteiger partial charge in [0.2, 0.25) is 0 Å². The Labute approximate surface area is 178 Å². The van der Waals surface area contributed by atoms with Crippen LogP contribution in [0.2, 0.25) is 0 Å². The SMILES string of the molecule is CCCNC(=O)[C@@H]1CN(C(=O)COc2ccc(C(C)(C)C)cc2)c2ccccc2O1. The van der Waals surface area contributed by atoms with E-state index < -0.39 is 6.10 Å². The van der Waals surface area contributed by atoms with E-state index in [2.05, 4.69) is 26.1 Å². The number of nitrogens with zero attached hydrogens (tertiary/aromatic N) is 1. The summed E-state index contributed by atoms with van der Waals surface area (Å²) in [6, 6.07) is 15.0. The fraction of sp³-hybridized carbons (Fsp3) is 0.417. The molecule has 0 radical (unpaired) electrons. The summed E-state index contributed by atoms with van der Waals surface area (Å²) >= 11 is 0. The highest BCUT2D eigenvalue weighted by Gasteiger charge is 2.33. The molecule has 0 unspecified atom stereocenters. The number of anilines is 1. The number of carbonyl (C=O) groups is 2. The quantitative estimate of drug-likeness (QED) is 0.789. The molecule has 2 aromatic rings. The summed E-state index contributed by atoms with van der Waals surface area (Å²) in [5, 5.41) is 2.83. The third-order valence-corrected chi connectivity index (χ3v) is 5.00. The Morgan fingerprint density at radius 1 is 1.13 bits per heavy atom. The molecule has 3 rings (SSSR count). The first-order valence-electron chi connectivity index (χ1n) is 10.4. The molecule has 0 bridgehead atoms. The van der Waals surface area contributed by atoms with Crippen molar-refractivity contribution in [3.63, 3.8) is 0 Å². The lowest BCUT2D eigenvalue weighted by Crippen LogP contribution is -2.51. The molecule has 0 aromatic heterocycles. The number of carbonyl (C=O) groups excluding carboxylic acids is 2. The molecule has 160 valence electrons. The van der Waals surface area contributed by atoms with E-state index in [1.54, 1.807) is 11.0 Å². The first kappa shape index (κ1) is 21.7. The Morgan fingerprint density at radius 3 is 2.50 bits per heavy atom. The fourth-order valence-corrected chi connectivity index (χ4v) is 3.24. The molecule has 1 aliphatic rings. The zero-order valence-electron chi connectivity index (χ0n) is 18.1. The van der Waals surface area contributed by atoms with Crippen LogP contribution in [0, 0.1) is 0 Å². The predicted octanol–water partition coefficient (Wildman–Crippen LogP) is 3.68. The molecule has 2 amide bonds. The Bertz CT molecular complexity index is 887. The molecule has 0 saturated heterocycles. The molecular weight excluding hydrogens is 380 g/mol. The molecule has 6 heteroatoms. The van der Waals surface area contributed by atoms with Gasteiger partial charge in [-0.05, 0) is 41.7 Å². The van der Waals surface area contributed by atoms with E-state index >= 15 is 0 Å². The average Bonchev–Trinajstić information content (AvgIpc) is 2.74. The number of fused-ring (bicyclic) bond motifs is 1. The number of ether oxygens (including phenoxy) is 2. The van der Waals surface area contributed by atoms with Gasteiger partial charge in [-0.3, -0.25) is 9.59 Å². The largest absolute Gasteiger partial charge is 0.484 e. The van der Waals surface area contributed by atoms with E-state index in [-0.39, 0.29) is 30.4 Å². The third kappa shape index (κ3) is 5.12. The predicted molar refractivity (Wildman–Crippen MR) is 117 cm³/mol. The van der Waals surface area contributed by atoms with E-state index in [9.17, 15) is 9.59 Å². The van der Waals surface area contributed by atoms with Gasteiger partial charge in [0.1, 0.15) is 11.5 Å². The minimum atomic E-state index is -0.749. The number of para-hydroxylation sites is 2. The fourth-order valence-electron chi connectivity index (χ4n) is 3.24. The van der Waals surface area contributed by atoms with Crippen LogP contribution in [0.4, 0.5) is 5.69 Å². The monoisotopic (exact) mass is 410 g/mol. The molecule has 2 aromatic carbocycles. The van der Waals surface area contributed by atoms with Crippen molar-refractivity contribution in [2.45, 2.75) is 45.6 Å². The summed E-state index contributed by atoms with van der Waals surface area (Å²) in [4.78, 5) is 26.9. The summed E-state index contributed by atoms with van der Waals surface area (Å²) in [5.41, 5.74) is 1.90. The Hall–Kier alpha value is -3.02. The smallest absolute Gasteiger partial charge is 0.265 e. The van der Waals surface area contributed by atoms with Crippen molar-refractivity contribution in [1.29, 1.82) is 0 Å². The molecule has 0 saturated carbocycles.